The van der Waals surface area contributed by atoms with E-state index in [1.54, 1.807) is 36.7 Å². The molecule has 0 saturated heterocycles. The predicted molar refractivity (Wildman–Crippen MR) is 101 cm³/mol. The monoisotopic (exact) mass is 365 g/mol. The lowest BCUT2D eigenvalue weighted by atomic mass is 10.2. The van der Waals surface area contributed by atoms with E-state index in [9.17, 15) is 4.79 Å². The Balaban J connectivity index is 1.44. The Hall–Kier alpha value is -3.75. The molecule has 3 heterocycles. The number of hydrogen-bond donors (Lipinski definition) is 3. The number of ether oxygens (including phenoxy) is 1. The summed E-state index contributed by atoms with van der Waals surface area (Å²) >= 11 is 0. The maximum atomic E-state index is 12.2. The van der Waals surface area contributed by atoms with E-state index >= 15 is 0 Å². The standard InChI is InChI=1S/C18H19N7O2/c1-27-18-13(5-4-10-22-18)17(26)21-12-11-20-15-7-8-16(25-24-15)23-14-6-2-3-9-19-14/h2-10H,11-12H2,1H3,(H,20,24)(H,21,26)(H,19,23,25). The van der Waals surface area contributed by atoms with Gasteiger partial charge in [0.15, 0.2) is 5.82 Å². The van der Waals surface area contributed by atoms with Crippen LogP contribution in [0.3, 0.4) is 0 Å². The minimum atomic E-state index is -0.247. The first-order valence-electron chi connectivity index (χ1n) is 8.29. The van der Waals surface area contributed by atoms with Crippen LogP contribution in [0.25, 0.3) is 0 Å². The average Bonchev–Trinajstić information content (AvgIpc) is 2.73. The lowest BCUT2D eigenvalue weighted by Crippen LogP contribution is -2.29. The summed E-state index contributed by atoms with van der Waals surface area (Å²) in [4.78, 5) is 20.3. The van der Waals surface area contributed by atoms with Crippen LogP contribution < -0.4 is 20.7 Å². The van der Waals surface area contributed by atoms with E-state index in [-0.39, 0.29) is 5.91 Å². The Labute approximate surface area is 156 Å². The number of methoxy groups -OCH3 is 1. The summed E-state index contributed by atoms with van der Waals surface area (Å²) in [5.41, 5.74) is 0.393. The lowest BCUT2D eigenvalue weighted by molar-refractivity contribution is 0.0951. The fraction of sp³-hybridized carbons (Fsp3) is 0.167. The van der Waals surface area contributed by atoms with Gasteiger partial charge in [0.05, 0.1) is 7.11 Å². The maximum Gasteiger partial charge on any atom is 0.256 e. The lowest BCUT2D eigenvalue weighted by Gasteiger charge is -2.09. The molecular formula is C18H19N7O2. The zero-order chi connectivity index (χ0) is 18.9. The first kappa shape index (κ1) is 18.1. The first-order chi connectivity index (χ1) is 13.3. The van der Waals surface area contributed by atoms with Crippen LogP contribution in [0.4, 0.5) is 17.5 Å². The minimum Gasteiger partial charge on any atom is -0.480 e. The number of hydrogen-bond acceptors (Lipinski definition) is 8. The van der Waals surface area contributed by atoms with Gasteiger partial charge in [-0.3, -0.25) is 4.79 Å². The third-order valence-corrected chi connectivity index (χ3v) is 3.51. The van der Waals surface area contributed by atoms with Gasteiger partial charge in [-0.15, -0.1) is 10.2 Å². The molecule has 0 atom stereocenters. The highest BCUT2D eigenvalue weighted by atomic mass is 16.5. The second-order valence-corrected chi connectivity index (χ2v) is 5.39. The summed E-state index contributed by atoms with van der Waals surface area (Å²) < 4.78 is 5.08. The Morgan fingerprint density at radius 2 is 1.74 bits per heavy atom. The zero-order valence-electron chi connectivity index (χ0n) is 14.7. The van der Waals surface area contributed by atoms with E-state index < -0.39 is 0 Å². The van der Waals surface area contributed by atoms with Crippen molar-refractivity contribution >= 4 is 23.4 Å². The fourth-order valence-corrected chi connectivity index (χ4v) is 2.25. The number of pyridine rings is 2. The number of rotatable bonds is 8. The Morgan fingerprint density at radius 3 is 2.48 bits per heavy atom. The van der Waals surface area contributed by atoms with Crippen molar-refractivity contribution in [1.82, 2.24) is 25.5 Å². The van der Waals surface area contributed by atoms with Crippen molar-refractivity contribution in [2.45, 2.75) is 0 Å². The number of carbonyl (C=O) groups excluding carboxylic acids is 1. The Bertz CT molecular complexity index is 872. The summed E-state index contributed by atoms with van der Waals surface area (Å²) in [5.74, 6) is 1.94. The van der Waals surface area contributed by atoms with Crippen molar-refractivity contribution < 1.29 is 9.53 Å². The van der Waals surface area contributed by atoms with Gasteiger partial charge in [-0.25, -0.2) is 9.97 Å². The van der Waals surface area contributed by atoms with Gasteiger partial charge < -0.3 is 20.7 Å². The number of nitrogens with zero attached hydrogens (tertiary/aromatic N) is 4. The van der Waals surface area contributed by atoms with Gasteiger partial charge in [-0.2, -0.15) is 0 Å². The van der Waals surface area contributed by atoms with Crippen molar-refractivity contribution in [2.75, 3.05) is 30.8 Å². The third-order valence-electron chi connectivity index (χ3n) is 3.51. The largest absolute Gasteiger partial charge is 0.480 e. The quantitative estimate of drug-likeness (QED) is 0.518. The highest BCUT2D eigenvalue weighted by molar-refractivity contribution is 5.96. The van der Waals surface area contributed by atoms with Crippen molar-refractivity contribution in [2.24, 2.45) is 0 Å². The summed E-state index contributed by atoms with van der Waals surface area (Å²) in [6.45, 7) is 0.905. The van der Waals surface area contributed by atoms with Gasteiger partial charge in [-0.05, 0) is 36.4 Å². The normalized spacial score (nSPS) is 10.1. The van der Waals surface area contributed by atoms with Crippen LogP contribution >= 0.6 is 0 Å². The van der Waals surface area contributed by atoms with E-state index in [1.807, 2.05) is 18.2 Å². The van der Waals surface area contributed by atoms with Crippen molar-refractivity contribution in [3.63, 3.8) is 0 Å². The smallest absolute Gasteiger partial charge is 0.256 e. The molecule has 0 radical (unpaired) electrons. The van der Waals surface area contributed by atoms with Crippen LogP contribution in [-0.2, 0) is 0 Å². The molecule has 0 bridgehead atoms. The van der Waals surface area contributed by atoms with E-state index in [1.165, 1.54) is 7.11 Å². The van der Waals surface area contributed by atoms with Crippen molar-refractivity contribution in [3.05, 3.63) is 60.4 Å². The molecule has 3 aromatic rings. The molecule has 3 rings (SSSR count). The molecule has 9 nitrogen and oxygen atoms in total. The van der Waals surface area contributed by atoms with Crippen LogP contribution in [-0.4, -0.2) is 46.3 Å². The van der Waals surface area contributed by atoms with Crippen molar-refractivity contribution in [1.29, 1.82) is 0 Å². The van der Waals surface area contributed by atoms with Gasteiger partial charge in [0.25, 0.3) is 5.91 Å². The van der Waals surface area contributed by atoms with E-state index in [2.05, 4.69) is 36.1 Å². The predicted octanol–water partition coefficient (Wildman–Crippen LogP) is 1.86. The minimum absolute atomic E-state index is 0.247. The molecule has 138 valence electrons. The fourth-order valence-electron chi connectivity index (χ4n) is 2.25. The maximum absolute atomic E-state index is 12.2. The molecule has 0 aliphatic carbocycles. The van der Waals surface area contributed by atoms with Crippen LogP contribution in [0.1, 0.15) is 10.4 Å². The molecule has 0 spiro atoms. The van der Waals surface area contributed by atoms with Gasteiger partial charge in [0, 0.05) is 25.5 Å². The molecule has 3 N–H and O–H groups in total. The van der Waals surface area contributed by atoms with Gasteiger partial charge >= 0.3 is 0 Å². The highest BCUT2D eigenvalue weighted by Crippen LogP contribution is 2.13. The number of nitrogens with one attached hydrogen (secondary N) is 3. The van der Waals surface area contributed by atoms with E-state index in [0.717, 1.165) is 0 Å². The van der Waals surface area contributed by atoms with E-state index in [0.29, 0.717) is 42.0 Å². The molecule has 0 aliphatic heterocycles. The molecular weight excluding hydrogens is 346 g/mol. The molecule has 27 heavy (non-hydrogen) atoms. The molecule has 0 aliphatic rings. The Kier molecular flexibility index (Phi) is 6.08. The zero-order valence-corrected chi connectivity index (χ0v) is 14.7. The van der Waals surface area contributed by atoms with Crippen LogP contribution in [0.2, 0.25) is 0 Å². The molecule has 3 aromatic heterocycles. The average molecular weight is 365 g/mol. The van der Waals surface area contributed by atoms with Crippen LogP contribution in [0, 0.1) is 0 Å². The number of aromatic nitrogens is 4. The molecule has 1 amide bonds. The second-order valence-electron chi connectivity index (χ2n) is 5.39. The highest BCUT2D eigenvalue weighted by Gasteiger charge is 2.11. The van der Waals surface area contributed by atoms with Crippen molar-refractivity contribution in [3.8, 4) is 5.88 Å². The third kappa shape index (κ3) is 5.11. The second kappa shape index (κ2) is 9.09. The molecule has 0 saturated carbocycles. The molecule has 0 unspecified atom stereocenters. The molecule has 0 aromatic carbocycles. The van der Waals surface area contributed by atoms with Crippen LogP contribution in [0.5, 0.6) is 5.88 Å². The van der Waals surface area contributed by atoms with Gasteiger partial charge in [0.1, 0.15) is 17.2 Å². The Morgan fingerprint density at radius 1 is 0.926 bits per heavy atom. The van der Waals surface area contributed by atoms with Gasteiger partial charge in [-0.1, -0.05) is 6.07 Å². The summed E-state index contributed by atoms with van der Waals surface area (Å²) in [6, 6.07) is 12.5. The van der Waals surface area contributed by atoms with Gasteiger partial charge in [0.2, 0.25) is 5.88 Å². The SMILES string of the molecule is COc1ncccc1C(=O)NCCNc1ccc(Nc2ccccn2)nn1. The van der Waals surface area contributed by atoms with E-state index in [4.69, 9.17) is 4.74 Å². The number of anilines is 3. The molecule has 9 heteroatoms. The summed E-state index contributed by atoms with van der Waals surface area (Å²) in [6.07, 6.45) is 3.27. The first-order valence-corrected chi connectivity index (χ1v) is 8.29. The van der Waals surface area contributed by atoms with Crippen LogP contribution in [0.15, 0.2) is 54.9 Å². The topological polar surface area (TPSA) is 114 Å². The number of amides is 1. The summed E-state index contributed by atoms with van der Waals surface area (Å²) in [5, 5.41) is 17.1. The summed E-state index contributed by atoms with van der Waals surface area (Å²) in [7, 11) is 1.48. The number of carbonyl (C=O) groups is 1. The molecule has 0 fully saturated rings.